The number of halogens is 2. The number of aromatic nitrogens is 2. The number of aryl methyl sites for hydroxylation is 1. The molecule has 1 heterocycles. The van der Waals surface area contributed by atoms with Crippen molar-refractivity contribution in [2.24, 2.45) is 0 Å². The Kier molecular flexibility index (Phi) is 5.71. The summed E-state index contributed by atoms with van der Waals surface area (Å²) in [6.07, 6.45) is 2.90. The number of para-hydroxylation sites is 1. The molecule has 2 N–H and O–H groups in total. The van der Waals surface area contributed by atoms with Crippen LogP contribution in [-0.4, -0.2) is 15.9 Å². The summed E-state index contributed by atoms with van der Waals surface area (Å²) in [5.41, 5.74) is 3.02. The largest absolute Gasteiger partial charge is 0.350 e. The fourth-order valence-corrected chi connectivity index (χ4v) is 2.81. The molecule has 0 unspecified atom stereocenters. The van der Waals surface area contributed by atoms with Gasteiger partial charge in [0.1, 0.15) is 0 Å². The van der Waals surface area contributed by atoms with Crippen molar-refractivity contribution >= 4 is 40.7 Å². The van der Waals surface area contributed by atoms with Crippen molar-refractivity contribution in [3.05, 3.63) is 81.6 Å². The van der Waals surface area contributed by atoms with Gasteiger partial charge in [0.25, 0.3) is 5.91 Å². The smallest absolute Gasteiger partial charge is 0.258 e. The molecule has 26 heavy (non-hydrogen) atoms. The minimum atomic E-state index is -0.384. The van der Waals surface area contributed by atoms with Crippen LogP contribution in [0.2, 0.25) is 10.0 Å². The van der Waals surface area contributed by atoms with Crippen LogP contribution in [0.5, 0.6) is 0 Å². The predicted molar refractivity (Wildman–Crippen MR) is 105 cm³/mol. The molecule has 0 saturated heterocycles. The molecule has 3 aromatic rings. The van der Waals surface area contributed by atoms with Crippen molar-refractivity contribution in [2.75, 3.05) is 10.6 Å². The van der Waals surface area contributed by atoms with Crippen LogP contribution >= 0.6 is 23.2 Å². The third kappa shape index (κ3) is 4.31. The molecule has 3 rings (SSSR count). The maximum atomic E-state index is 12.3. The zero-order valence-electron chi connectivity index (χ0n) is 14.0. The number of amides is 1. The number of benzene rings is 2. The number of hydrogen-bond donors (Lipinski definition) is 2. The molecule has 0 aliphatic rings. The highest BCUT2D eigenvalue weighted by atomic mass is 35.5. The Morgan fingerprint density at radius 3 is 2.31 bits per heavy atom. The summed E-state index contributed by atoms with van der Waals surface area (Å²) in [4.78, 5) is 20.7. The molecule has 1 aromatic heterocycles. The van der Waals surface area contributed by atoms with Crippen molar-refractivity contribution in [2.45, 2.75) is 13.5 Å². The summed E-state index contributed by atoms with van der Waals surface area (Å²) in [6.45, 7) is 2.65. The average molecular weight is 387 g/mol. The van der Waals surface area contributed by atoms with Gasteiger partial charge < -0.3 is 10.6 Å². The first kappa shape index (κ1) is 18.2. The molecular weight excluding hydrogens is 371 g/mol. The number of hydrogen-bond acceptors (Lipinski definition) is 4. The van der Waals surface area contributed by atoms with Gasteiger partial charge in [0, 0.05) is 18.9 Å². The van der Waals surface area contributed by atoms with Crippen molar-refractivity contribution in [3.8, 4) is 0 Å². The van der Waals surface area contributed by atoms with Crippen LogP contribution in [0.15, 0.2) is 54.9 Å². The van der Waals surface area contributed by atoms with Crippen LogP contribution in [0.1, 0.15) is 21.5 Å². The van der Waals surface area contributed by atoms with E-state index in [2.05, 4.69) is 20.6 Å². The van der Waals surface area contributed by atoms with E-state index >= 15 is 0 Å². The van der Waals surface area contributed by atoms with Crippen LogP contribution < -0.4 is 10.6 Å². The first-order chi connectivity index (χ1) is 12.5. The first-order valence-corrected chi connectivity index (χ1v) is 8.66. The van der Waals surface area contributed by atoms with Gasteiger partial charge in [-0.15, -0.1) is 0 Å². The van der Waals surface area contributed by atoms with Gasteiger partial charge in [-0.3, -0.25) is 4.79 Å². The van der Waals surface area contributed by atoms with Crippen molar-refractivity contribution < 1.29 is 4.79 Å². The lowest BCUT2D eigenvalue weighted by Crippen LogP contribution is -2.14. The van der Waals surface area contributed by atoms with E-state index in [0.717, 1.165) is 5.56 Å². The third-order valence-corrected chi connectivity index (χ3v) is 4.44. The van der Waals surface area contributed by atoms with Gasteiger partial charge in [0.05, 0.1) is 21.3 Å². The molecule has 0 aliphatic heterocycles. The Labute approximate surface area is 161 Å². The Morgan fingerprint density at radius 2 is 1.65 bits per heavy atom. The predicted octanol–water partition coefficient (Wildman–Crippen LogP) is 4.96. The van der Waals surface area contributed by atoms with E-state index in [-0.39, 0.29) is 5.91 Å². The van der Waals surface area contributed by atoms with E-state index in [9.17, 15) is 4.79 Å². The topological polar surface area (TPSA) is 66.9 Å². The number of carbonyl (C=O) groups excluding carboxylic acids is 1. The summed E-state index contributed by atoms with van der Waals surface area (Å²) in [6, 6.07) is 13.1. The lowest BCUT2D eigenvalue weighted by Gasteiger charge is -2.10. The third-order valence-electron chi connectivity index (χ3n) is 3.81. The lowest BCUT2D eigenvalue weighted by molar-refractivity contribution is 0.102. The number of carbonyl (C=O) groups is 1. The SMILES string of the molecule is Cc1ccccc1CNc1ncc(C(=O)Nc2c(Cl)cccc2Cl)cn1. The monoisotopic (exact) mass is 386 g/mol. The highest BCUT2D eigenvalue weighted by molar-refractivity contribution is 6.40. The number of nitrogens with one attached hydrogen (secondary N) is 2. The van der Waals surface area contributed by atoms with Gasteiger partial charge in [-0.05, 0) is 30.2 Å². The molecule has 0 spiro atoms. The molecular formula is C19H16Cl2N4O. The fraction of sp³-hybridized carbons (Fsp3) is 0.105. The van der Waals surface area contributed by atoms with Gasteiger partial charge in [-0.2, -0.15) is 0 Å². The van der Waals surface area contributed by atoms with E-state index in [4.69, 9.17) is 23.2 Å². The second-order valence-electron chi connectivity index (χ2n) is 5.63. The molecule has 0 fully saturated rings. The number of anilines is 2. The van der Waals surface area contributed by atoms with E-state index in [1.807, 2.05) is 31.2 Å². The summed E-state index contributed by atoms with van der Waals surface area (Å²) < 4.78 is 0. The van der Waals surface area contributed by atoms with Crippen LogP contribution in [0, 0.1) is 6.92 Å². The Bertz CT molecular complexity index is 909. The molecule has 1 amide bonds. The molecule has 0 aliphatic carbocycles. The second-order valence-corrected chi connectivity index (χ2v) is 6.44. The Hall–Kier alpha value is -2.63. The van der Waals surface area contributed by atoms with Crippen molar-refractivity contribution in [1.29, 1.82) is 0 Å². The van der Waals surface area contributed by atoms with Gasteiger partial charge in [-0.1, -0.05) is 53.5 Å². The Balaban J connectivity index is 1.65. The van der Waals surface area contributed by atoms with Gasteiger partial charge in [0.15, 0.2) is 0 Å². The molecule has 0 saturated carbocycles. The highest BCUT2D eigenvalue weighted by Crippen LogP contribution is 2.30. The zero-order chi connectivity index (χ0) is 18.5. The van der Waals surface area contributed by atoms with E-state index in [1.54, 1.807) is 18.2 Å². The average Bonchev–Trinajstić information content (AvgIpc) is 2.64. The number of rotatable bonds is 5. The van der Waals surface area contributed by atoms with Crippen LogP contribution in [-0.2, 0) is 6.54 Å². The first-order valence-electron chi connectivity index (χ1n) is 7.90. The van der Waals surface area contributed by atoms with Crippen LogP contribution in [0.4, 0.5) is 11.6 Å². The summed E-state index contributed by atoms with van der Waals surface area (Å²) in [7, 11) is 0. The van der Waals surface area contributed by atoms with Gasteiger partial charge >= 0.3 is 0 Å². The Morgan fingerprint density at radius 1 is 1.00 bits per heavy atom. The molecule has 132 valence electrons. The molecule has 5 nitrogen and oxygen atoms in total. The zero-order valence-corrected chi connectivity index (χ0v) is 15.5. The summed E-state index contributed by atoms with van der Waals surface area (Å²) in [5, 5.41) is 6.54. The minimum Gasteiger partial charge on any atom is -0.350 e. The molecule has 7 heteroatoms. The van der Waals surface area contributed by atoms with E-state index in [0.29, 0.717) is 33.8 Å². The van der Waals surface area contributed by atoms with E-state index < -0.39 is 0 Å². The summed E-state index contributed by atoms with van der Waals surface area (Å²) in [5.74, 6) is 0.0611. The second kappa shape index (κ2) is 8.17. The van der Waals surface area contributed by atoms with Gasteiger partial charge in [0.2, 0.25) is 5.95 Å². The van der Waals surface area contributed by atoms with E-state index in [1.165, 1.54) is 18.0 Å². The fourth-order valence-electron chi connectivity index (χ4n) is 2.32. The van der Waals surface area contributed by atoms with Gasteiger partial charge in [-0.25, -0.2) is 9.97 Å². The number of nitrogens with zero attached hydrogens (tertiary/aromatic N) is 2. The molecule has 0 bridgehead atoms. The molecule has 0 atom stereocenters. The van der Waals surface area contributed by atoms with Crippen LogP contribution in [0.3, 0.4) is 0 Å². The maximum absolute atomic E-state index is 12.3. The maximum Gasteiger partial charge on any atom is 0.258 e. The van der Waals surface area contributed by atoms with Crippen LogP contribution in [0.25, 0.3) is 0 Å². The summed E-state index contributed by atoms with van der Waals surface area (Å²) >= 11 is 12.1. The standard InChI is InChI=1S/C19H16Cl2N4O/c1-12-5-2-3-6-13(12)9-22-19-23-10-14(11-24-19)18(26)25-17-15(20)7-4-8-16(17)21/h2-8,10-11H,9H2,1H3,(H,25,26)(H,22,23,24). The van der Waals surface area contributed by atoms with Crippen molar-refractivity contribution in [3.63, 3.8) is 0 Å². The molecule has 0 radical (unpaired) electrons. The quantitative estimate of drug-likeness (QED) is 0.650. The lowest BCUT2D eigenvalue weighted by atomic mass is 10.1. The highest BCUT2D eigenvalue weighted by Gasteiger charge is 2.12. The normalized spacial score (nSPS) is 10.4. The molecule has 2 aromatic carbocycles. The minimum absolute atomic E-state index is 0.308. The van der Waals surface area contributed by atoms with Crippen molar-refractivity contribution in [1.82, 2.24) is 9.97 Å².